The Morgan fingerprint density at radius 1 is 0.420 bits per heavy atom. The molecule has 1 unspecified atom stereocenters. The molecule has 0 fully saturated rings. The lowest BCUT2D eigenvalue weighted by Crippen LogP contribution is -2.30. The third-order valence-corrected chi connectivity index (χ3v) is 10.1. The Balaban J connectivity index is 4.23. The molecule has 0 aromatic heterocycles. The summed E-state index contributed by atoms with van der Waals surface area (Å²) in [5.41, 5.74) is 0. The highest BCUT2D eigenvalue weighted by Crippen LogP contribution is 2.17. The molecular formula is C44H84O6. The molecule has 2 atom stereocenters. The Bertz CT molecular complexity index is 766. The molecule has 6 nitrogen and oxygen atoms in total. The number of hydrogen-bond donors (Lipinski definition) is 0. The molecule has 0 amide bonds. The van der Waals surface area contributed by atoms with Crippen LogP contribution in [0.15, 0.2) is 0 Å². The van der Waals surface area contributed by atoms with Crippen molar-refractivity contribution in [3.63, 3.8) is 0 Å². The molecule has 0 radical (unpaired) electrons. The van der Waals surface area contributed by atoms with Crippen molar-refractivity contribution in [2.45, 2.75) is 240 Å². The SMILES string of the molecule is CCCCCCCC(=O)OC[C@@H](COC(=O)CCCCCCCCCCCCC(C)C)OC(=O)CCCCCCCCCCCCC(C)CC. The van der Waals surface area contributed by atoms with Crippen molar-refractivity contribution in [3.05, 3.63) is 0 Å². The van der Waals surface area contributed by atoms with Crippen LogP contribution in [-0.2, 0) is 28.6 Å². The average Bonchev–Trinajstić information content (AvgIpc) is 3.09. The van der Waals surface area contributed by atoms with Crippen LogP contribution in [0.25, 0.3) is 0 Å². The molecule has 0 N–H and O–H groups in total. The van der Waals surface area contributed by atoms with Gasteiger partial charge < -0.3 is 14.2 Å². The quantitative estimate of drug-likeness (QED) is 0.0361. The van der Waals surface area contributed by atoms with E-state index in [0.717, 1.165) is 76.0 Å². The summed E-state index contributed by atoms with van der Waals surface area (Å²) in [4.78, 5) is 37.4. The number of rotatable bonds is 38. The highest BCUT2D eigenvalue weighted by atomic mass is 16.6. The molecule has 0 aromatic rings. The van der Waals surface area contributed by atoms with Gasteiger partial charge in [-0.1, -0.05) is 195 Å². The van der Waals surface area contributed by atoms with E-state index in [2.05, 4.69) is 34.6 Å². The molecule has 50 heavy (non-hydrogen) atoms. The second-order valence-electron chi connectivity index (χ2n) is 15.7. The lowest BCUT2D eigenvalue weighted by atomic mass is 9.99. The Morgan fingerprint density at radius 2 is 0.760 bits per heavy atom. The number of ether oxygens (including phenoxy) is 3. The summed E-state index contributed by atoms with van der Waals surface area (Å²) >= 11 is 0. The number of carbonyl (C=O) groups is 3. The fourth-order valence-corrected chi connectivity index (χ4v) is 6.37. The minimum absolute atomic E-state index is 0.0663. The zero-order valence-electron chi connectivity index (χ0n) is 34.0. The summed E-state index contributed by atoms with van der Waals surface area (Å²) in [6, 6.07) is 0. The van der Waals surface area contributed by atoms with Crippen molar-refractivity contribution < 1.29 is 28.6 Å². The minimum Gasteiger partial charge on any atom is -0.462 e. The maximum absolute atomic E-state index is 12.6. The van der Waals surface area contributed by atoms with Crippen LogP contribution in [0.1, 0.15) is 234 Å². The third-order valence-electron chi connectivity index (χ3n) is 10.1. The molecule has 0 saturated carbocycles. The van der Waals surface area contributed by atoms with Gasteiger partial charge in [-0.3, -0.25) is 14.4 Å². The van der Waals surface area contributed by atoms with Gasteiger partial charge in [0, 0.05) is 19.3 Å². The van der Waals surface area contributed by atoms with Gasteiger partial charge in [-0.05, 0) is 31.1 Å². The lowest BCUT2D eigenvalue weighted by molar-refractivity contribution is -0.167. The van der Waals surface area contributed by atoms with Gasteiger partial charge in [-0.25, -0.2) is 0 Å². The van der Waals surface area contributed by atoms with E-state index in [-0.39, 0.29) is 31.1 Å². The lowest BCUT2D eigenvalue weighted by Gasteiger charge is -2.18. The van der Waals surface area contributed by atoms with Crippen LogP contribution in [0.2, 0.25) is 0 Å². The van der Waals surface area contributed by atoms with Gasteiger partial charge in [0.2, 0.25) is 0 Å². The fraction of sp³-hybridized carbons (Fsp3) is 0.932. The fourth-order valence-electron chi connectivity index (χ4n) is 6.37. The number of unbranched alkanes of at least 4 members (excludes halogenated alkanes) is 22. The summed E-state index contributed by atoms with van der Waals surface area (Å²) in [7, 11) is 0. The van der Waals surface area contributed by atoms with E-state index in [1.165, 1.54) is 116 Å². The second kappa shape index (κ2) is 37.2. The van der Waals surface area contributed by atoms with Crippen LogP contribution >= 0.6 is 0 Å². The summed E-state index contributed by atoms with van der Waals surface area (Å²) in [6.07, 6.45) is 33.9. The summed E-state index contributed by atoms with van der Waals surface area (Å²) < 4.78 is 16.6. The first kappa shape index (κ1) is 48.4. The van der Waals surface area contributed by atoms with Crippen molar-refractivity contribution >= 4 is 17.9 Å². The first-order chi connectivity index (χ1) is 24.3. The standard InChI is InChI=1S/C44H84O6/c1-6-8-9-22-29-34-42(45)48-37-41(38-49-43(46)35-30-25-20-16-12-10-14-18-23-27-32-39(3)4)50-44(47)36-31-26-21-17-13-11-15-19-24-28-33-40(5)7-2/h39-41H,6-38H2,1-5H3/t40?,41-/m0/s1. The smallest absolute Gasteiger partial charge is 0.306 e. The Hall–Kier alpha value is -1.59. The van der Waals surface area contributed by atoms with Gasteiger partial charge in [0.05, 0.1) is 0 Å². The molecular weight excluding hydrogens is 624 g/mol. The van der Waals surface area contributed by atoms with Crippen LogP contribution in [0, 0.1) is 11.8 Å². The largest absolute Gasteiger partial charge is 0.462 e. The molecule has 0 spiro atoms. The number of esters is 3. The molecule has 0 aliphatic heterocycles. The van der Waals surface area contributed by atoms with Crippen molar-refractivity contribution in [2.75, 3.05) is 13.2 Å². The van der Waals surface area contributed by atoms with Crippen LogP contribution in [-0.4, -0.2) is 37.2 Å². The minimum atomic E-state index is -0.758. The van der Waals surface area contributed by atoms with Gasteiger partial charge in [0.1, 0.15) is 13.2 Å². The molecule has 6 heteroatoms. The monoisotopic (exact) mass is 709 g/mol. The van der Waals surface area contributed by atoms with Gasteiger partial charge in [0.15, 0.2) is 6.10 Å². The van der Waals surface area contributed by atoms with Crippen molar-refractivity contribution in [1.82, 2.24) is 0 Å². The van der Waals surface area contributed by atoms with E-state index in [0.29, 0.717) is 19.3 Å². The normalized spacial score (nSPS) is 12.6. The zero-order chi connectivity index (χ0) is 36.9. The second-order valence-corrected chi connectivity index (χ2v) is 15.7. The Labute approximate surface area is 310 Å². The molecule has 296 valence electrons. The first-order valence-electron chi connectivity index (χ1n) is 21.8. The van der Waals surface area contributed by atoms with E-state index in [1.54, 1.807) is 0 Å². The van der Waals surface area contributed by atoms with Crippen LogP contribution in [0.3, 0.4) is 0 Å². The topological polar surface area (TPSA) is 78.9 Å². The van der Waals surface area contributed by atoms with E-state index in [1.807, 2.05) is 0 Å². The third kappa shape index (κ3) is 36.2. The van der Waals surface area contributed by atoms with Gasteiger partial charge >= 0.3 is 17.9 Å². The highest BCUT2D eigenvalue weighted by Gasteiger charge is 2.19. The Morgan fingerprint density at radius 3 is 1.14 bits per heavy atom. The average molecular weight is 709 g/mol. The molecule has 0 saturated heterocycles. The molecule has 0 aliphatic rings. The predicted molar refractivity (Wildman–Crippen MR) is 210 cm³/mol. The maximum atomic E-state index is 12.6. The van der Waals surface area contributed by atoms with Gasteiger partial charge in [-0.15, -0.1) is 0 Å². The Kier molecular flexibility index (Phi) is 36.0. The predicted octanol–water partition coefficient (Wildman–Crippen LogP) is 13.4. The van der Waals surface area contributed by atoms with E-state index < -0.39 is 6.10 Å². The van der Waals surface area contributed by atoms with Crippen LogP contribution < -0.4 is 0 Å². The molecule has 0 rings (SSSR count). The van der Waals surface area contributed by atoms with Crippen molar-refractivity contribution in [1.29, 1.82) is 0 Å². The van der Waals surface area contributed by atoms with Crippen LogP contribution in [0.4, 0.5) is 0 Å². The molecule has 0 aliphatic carbocycles. The summed E-state index contributed by atoms with van der Waals surface area (Å²) in [6.45, 7) is 11.3. The molecule has 0 heterocycles. The molecule has 0 aromatic carbocycles. The number of hydrogen-bond acceptors (Lipinski definition) is 6. The molecule has 0 bridgehead atoms. The van der Waals surface area contributed by atoms with Crippen molar-refractivity contribution in [3.8, 4) is 0 Å². The number of carbonyl (C=O) groups excluding carboxylic acids is 3. The van der Waals surface area contributed by atoms with Crippen LogP contribution in [0.5, 0.6) is 0 Å². The summed E-state index contributed by atoms with van der Waals surface area (Å²) in [5.74, 6) is 0.812. The summed E-state index contributed by atoms with van der Waals surface area (Å²) in [5, 5.41) is 0. The zero-order valence-corrected chi connectivity index (χ0v) is 34.0. The van der Waals surface area contributed by atoms with Crippen molar-refractivity contribution in [2.24, 2.45) is 11.8 Å². The van der Waals surface area contributed by atoms with E-state index in [9.17, 15) is 14.4 Å². The van der Waals surface area contributed by atoms with Gasteiger partial charge in [0.25, 0.3) is 0 Å². The van der Waals surface area contributed by atoms with E-state index >= 15 is 0 Å². The highest BCUT2D eigenvalue weighted by molar-refractivity contribution is 5.71. The maximum Gasteiger partial charge on any atom is 0.306 e. The van der Waals surface area contributed by atoms with Gasteiger partial charge in [-0.2, -0.15) is 0 Å². The van der Waals surface area contributed by atoms with E-state index in [4.69, 9.17) is 14.2 Å². The first-order valence-corrected chi connectivity index (χ1v) is 21.8.